The van der Waals surface area contributed by atoms with Crippen LogP contribution in [0.15, 0.2) is 29.0 Å². The Bertz CT molecular complexity index is 658. The fraction of sp³-hybridized carbons (Fsp3) is 0.500. The summed E-state index contributed by atoms with van der Waals surface area (Å²) in [6.45, 7) is 4.03. The summed E-state index contributed by atoms with van der Waals surface area (Å²) in [5, 5.41) is 3.88. The van der Waals surface area contributed by atoms with Crippen LogP contribution in [0.5, 0.6) is 0 Å². The second-order valence-corrected chi connectivity index (χ2v) is 5.82. The summed E-state index contributed by atoms with van der Waals surface area (Å²) >= 11 is 0. The van der Waals surface area contributed by atoms with Crippen molar-refractivity contribution in [2.24, 2.45) is 0 Å². The Morgan fingerprint density at radius 3 is 3.00 bits per heavy atom. The van der Waals surface area contributed by atoms with Crippen LogP contribution in [0, 0.1) is 0 Å². The minimum absolute atomic E-state index is 0.0631. The van der Waals surface area contributed by atoms with Gasteiger partial charge in [0.15, 0.2) is 0 Å². The molecule has 1 aliphatic rings. The Morgan fingerprint density at radius 2 is 2.21 bits per heavy atom. The molecule has 3 rings (SSSR count). The number of carbonyl (C=O) groups excluding carboxylic acids is 1. The van der Waals surface area contributed by atoms with E-state index in [1.165, 1.54) is 0 Å². The predicted molar refractivity (Wildman–Crippen MR) is 88.8 cm³/mol. The first-order chi connectivity index (χ1) is 11.8. The molecule has 1 unspecified atom stereocenters. The summed E-state index contributed by atoms with van der Waals surface area (Å²) in [5.41, 5.74) is 6.20. The van der Waals surface area contributed by atoms with Crippen molar-refractivity contribution in [1.29, 1.82) is 0 Å². The van der Waals surface area contributed by atoms with Crippen molar-refractivity contribution in [2.45, 2.75) is 38.6 Å². The van der Waals surface area contributed by atoms with E-state index in [1.54, 1.807) is 24.5 Å². The van der Waals surface area contributed by atoms with E-state index in [2.05, 4.69) is 37.8 Å². The van der Waals surface area contributed by atoms with Gasteiger partial charge in [-0.1, -0.05) is 18.5 Å². The number of hydrogen-bond acceptors (Lipinski definition) is 7. The Labute approximate surface area is 140 Å². The fourth-order valence-corrected chi connectivity index (χ4v) is 2.93. The lowest BCUT2D eigenvalue weighted by molar-refractivity contribution is -0.127. The average molecular weight is 330 g/mol. The Morgan fingerprint density at radius 1 is 1.38 bits per heavy atom. The molecule has 128 valence electrons. The van der Waals surface area contributed by atoms with Gasteiger partial charge in [-0.2, -0.15) is 4.98 Å². The number of hydrazine groups is 1. The van der Waals surface area contributed by atoms with Gasteiger partial charge in [0.25, 0.3) is 5.91 Å². The van der Waals surface area contributed by atoms with Crippen LogP contribution in [0.1, 0.15) is 32.6 Å². The number of pyridine rings is 1. The van der Waals surface area contributed by atoms with Crippen LogP contribution in [-0.2, 0) is 4.79 Å². The normalized spacial score (nSPS) is 18.3. The summed E-state index contributed by atoms with van der Waals surface area (Å²) in [6, 6.07) is 3.64. The summed E-state index contributed by atoms with van der Waals surface area (Å²) in [5.74, 6) is 0.381. The largest absolute Gasteiger partial charge is 0.340 e. The van der Waals surface area contributed by atoms with Crippen LogP contribution in [0.25, 0.3) is 11.4 Å². The van der Waals surface area contributed by atoms with E-state index in [1.807, 2.05) is 0 Å². The minimum Gasteiger partial charge on any atom is -0.313 e. The molecule has 8 heteroatoms. The first kappa shape index (κ1) is 16.4. The summed E-state index contributed by atoms with van der Waals surface area (Å²) in [4.78, 5) is 22.8. The molecule has 24 heavy (non-hydrogen) atoms. The summed E-state index contributed by atoms with van der Waals surface area (Å²) in [7, 11) is 0. The lowest BCUT2D eigenvalue weighted by atomic mass is 10.0. The summed E-state index contributed by atoms with van der Waals surface area (Å²) < 4.78 is 5.11. The molecule has 0 saturated carbocycles. The van der Waals surface area contributed by atoms with E-state index in [4.69, 9.17) is 4.52 Å². The van der Waals surface area contributed by atoms with Crippen molar-refractivity contribution in [1.82, 2.24) is 25.5 Å². The van der Waals surface area contributed by atoms with E-state index in [9.17, 15) is 4.79 Å². The number of likely N-dealkylation sites (tertiary alicyclic amines) is 1. The maximum Gasteiger partial charge on any atom is 0.340 e. The third-order valence-corrected chi connectivity index (χ3v) is 4.08. The topological polar surface area (TPSA) is 96.2 Å². The highest BCUT2D eigenvalue weighted by Crippen LogP contribution is 2.18. The predicted octanol–water partition coefficient (Wildman–Crippen LogP) is 1.84. The van der Waals surface area contributed by atoms with Gasteiger partial charge in [0.05, 0.1) is 6.04 Å². The van der Waals surface area contributed by atoms with Crippen molar-refractivity contribution in [2.75, 3.05) is 18.5 Å². The van der Waals surface area contributed by atoms with Crippen LogP contribution < -0.4 is 10.9 Å². The number of aromatic nitrogens is 3. The number of rotatable bonds is 6. The van der Waals surface area contributed by atoms with Crippen LogP contribution >= 0.6 is 0 Å². The zero-order valence-corrected chi connectivity index (χ0v) is 13.7. The lowest BCUT2D eigenvalue weighted by Crippen LogP contribution is -2.50. The molecule has 0 radical (unpaired) electrons. The number of piperidine rings is 1. The Balaban J connectivity index is 1.57. The molecule has 0 aliphatic carbocycles. The van der Waals surface area contributed by atoms with Gasteiger partial charge in [-0.25, -0.2) is 5.43 Å². The van der Waals surface area contributed by atoms with Gasteiger partial charge in [-0.3, -0.25) is 20.1 Å². The maximum atomic E-state index is 12.4. The second kappa shape index (κ2) is 7.87. The highest BCUT2D eigenvalue weighted by Gasteiger charge is 2.28. The molecule has 1 aliphatic heterocycles. The standard InChI is InChI=1S/C16H22N6O2/c1-2-10-22-11-4-3-5-13(22)15(23)19-20-16-18-14(21-24-16)12-6-8-17-9-7-12/h6-9,13H,2-5,10-11H2,1H3,(H,19,23)(H,18,20,21). The number of carbonyl (C=O) groups is 1. The molecule has 2 aromatic rings. The van der Waals surface area contributed by atoms with Crippen molar-refractivity contribution in [3.05, 3.63) is 24.5 Å². The van der Waals surface area contributed by atoms with Crippen molar-refractivity contribution in [3.63, 3.8) is 0 Å². The molecule has 1 atom stereocenters. The van der Waals surface area contributed by atoms with Crippen LogP contribution in [0.2, 0.25) is 0 Å². The number of nitrogens with zero attached hydrogens (tertiary/aromatic N) is 4. The molecule has 1 amide bonds. The van der Waals surface area contributed by atoms with Crippen LogP contribution in [0.4, 0.5) is 6.01 Å². The van der Waals surface area contributed by atoms with E-state index < -0.39 is 0 Å². The Hall–Kier alpha value is -2.48. The van der Waals surface area contributed by atoms with E-state index in [-0.39, 0.29) is 18.0 Å². The highest BCUT2D eigenvalue weighted by molar-refractivity contribution is 5.82. The first-order valence-electron chi connectivity index (χ1n) is 8.32. The van der Waals surface area contributed by atoms with Gasteiger partial charge in [-0.15, -0.1) is 0 Å². The van der Waals surface area contributed by atoms with Gasteiger partial charge in [0, 0.05) is 18.0 Å². The molecular weight excluding hydrogens is 308 g/mol. The molecule has 3 heterocycles. The second-order valence-electron chi connectivity index (χ2n) is 5.82. The minimum atomic E-state index is -0.103. The van der Waals surface area contributed by atoms with Gasteiger partial charge >= 0.3 is 6.01 Å². The SMILES string of the molecule is CCCN1CCCCC1C(=O)NNc1nc(-c2ccncc2)no1. The van der Waals surface area contributed by atoms with Crippen molar-refractivity contribution < 1.29 is 9.32 Å². The first-order valence-corrected chi connectivity index (χ1v) is 8.32. The molecule has 1 fully saturated rings. The molecule has 0 bridgehead atoms. The monoisotopic (exact) mass is 330 g/mol. The van der Waals surface area contributed by atoms with Crippen LogP contribution in [0.3, 0.4) is 0 Å². The van der Waals surface area contributed by atoms with E-state index in [0.717, 1.165) is 44.3 Å². The molecule has 2 aromatic heterocycles. The number of amides is 1. The Kier molecular flexibility index (Phi) is 5.37. The smallest absolute Gasteiger partial charge is 0.313 e. The number of nitrogens with one attached hydrogen (secondary N) is 2. The third-order valence-electron chi connectivity index (χ3n) is 4.08. The van der Waals surface area contributed by atoms with Crippen molar-refractivity contribution >= 4 is 11.9 Å². The lowest BCUT2D eigenvalue weighted by Gasteiger charge is -2.34. The van der Waals surface area contributed by atoms with Gasteiger partial charge < -0.3 is 4.52 Å². The zero-order valence-electron chi connectivity index (χ0n) is 13.7. The van der Waals surface area contributed by atoms with E-state index >= 15 is 0 Å². The number of anilines is 1. The quantitative estimate of drug-likeness (QED) is 0.780. The number of hydrogen-bond donors (Lipinski definition) is 2. The third kappa shape index (κ3) is 3.88. The van der Waals surface area contributed by atoms with Gasteiger partial charge in [0.1, 0.15) is 0 Å². The average Bonchev–Trinajstić information content (AvgIpc) is 3.10. The van der Waals surface area contributed by atoms with E-state index in [0.29, 0.717) is 5.82 Å². The van der Waals surface area contributed by atoms with Crippen LogP contribution in [-0.4, -0.2) is 45.1 Å². The van der Waals surface area contributed by atoms with Gasteiger partial charge in [0.2, 0.25) is 5.82 Å². The fourth-order valence-electron chi connectivity index (χ4n) is 2.93. The molecule has 2 N–H and O–H groups in total. The maximum absolute atomic E-state index is 12.4. The molecule has 8 nitrogen and oxygen atoms in total. The summed E-state index contributed by atoms with van der Waals surface area (Å²) in [6.07, 6.45) is 7.45. The highest BCUT2D eigenvalue weighted by atomic mass is 16.5. The zero-order chi connectivity index (χ0) is 16.8. The van der Waals surface area contributed by atoms with Gasteiger partial charge in [-0.05, 0) is 44.5 Å². The molecule has 0 spiro atoms. The molecule has 0 aromatic carbocycles. The molecule has 1 saturated heterocycles. The van der Waals surface area contributed by atoms with Crippen molar-refractivity contribution in [3.8, 4) is 11.4 Å². The molecular formula is C16H22N6O2.